The second-order valence-corrected chi connectivity index (χ2v) is 3.82. The van der Waals surface area contributed by atoms with Crippen LogP contribution in [-0.2, 0) is 11.3 Å². The van der Waals surface area contributed by atoms with Gasteiger partial charge in [0.25, 0.3) is 5.69 Å². The van der Waals surface area contributed by atoms with Crippen molar-refractivity contribution in [2.75, 3.05) is 6.54 Å². The van der Waals surface area contributed by atoms with Gasteiger partial charge in [-0.25, -0.2) is 4.79 Å². The molecular formula is C12H14N2O4. The molecule has 6 nitrogen and oxygen atoms in total. The molecule has 18 heavy (non-hydrogen) atoms. The Bertz CT molecular complexity index is 483. The van der Waals surface area contributed by atoms with Gasteiger partial charge in [0.1, 0.15) is 0 Å². The SMILES string of the molecule is C/C(=C/C(=O)O)CNCc1ccccc1[N+](=O)[O-]. The lowest BCUT2D eigenvalue weighted by Crippen LogP contribution is -2.17. The Morgan fingerprint density at radius 3 is 2.78 bits per heavy atom. The molecule has 0 radical (unpaired) electrons. The summed E-state index contributed by atoms with van der Waals surface area (Å²) < 4.78 is 0. The van der Waals surface area contributed by atoms with Gasteiger partial charge >= 0.3 is 5.97 Å². The molecule has 6 heteroatoms. The van der Waals surface area contributed by atoms with Crippen LogP contribution in [0.15, 0.2) is 35.9 Å². The van der Waals surface area contributed by atoms with E-state index in [2.05, 4.69) is 5.32 Å². The molecule has 0 aliphatic heterocycles. The zero-order chi connectivity index (χ0) is 13.5. The molecule has 2 N–H and O–H groups in total. The maximum Gasteiger partial charge on any atom is 0.328 e. The van der Waals surface area contributed by atoms with E-state index in [9.17, 15) is 14.9 Å². The molecular weight excluding hydrogens is 236 g/mol. The smallest absolute Gasteiger partial charge is 0.328 e. The van der Waals surface area contributed by atoms with Gasteiger partial charge in [0.15, 0.2) is 0 Å². The van der Waals surface area contributed by atoms with Crippen LogP contribution in [0.4, 0.5) is 5.69 Å². The summed E-state index contributed by atoms with van der Waals surface area (Å²) in [6.45, 7) is 2.38. The van der Waals surface area contributed by atoms with Crippen LogP contribution in [0, 0.1) is 10.1 Å². The van der Waals surface area contributed by atoms with E-state index in [4.69, 9.17) is 5.11 Å². The standard InChI is InChI=1S/C12H14N2O4/c1-9(6-12(15)16)7-13-8-10-4-2-3-5-11(10)14(17)18/h2-6,13H,7-8H2,1H3,(H,15,16)/b9-6-. The first-order chi connectivity index (χ1) is 8.50. The third-order valence-electron chi connectivity index (χ3n) is 2.28. The maximum atomic E-state index is 10.8. The third kappa shape index (κ3) is 4.34. The fourth-order valence-corrected chi connectivity index (χ4v) is 1.49. The first kappa shape index (κ1) is 13.9. The normalized spacial score (nSPS) is 11.3. The summed E-state index contributed by atoms with van der Waals surface area (Å²) >= 11 is 0. The predicted molar refractivity (Wildman–Crippen MR) is 66.2 cm³/mol. The number of carboxylic acid groups (broad SMARTS) is 1. The molecule has 0 aromatic heterocycles. The van der Waals surface area contributed by atoms with Gasteiger partial charge < -0.3 is 10.4 Å². The molecule has 0 amide bonds. The van der Waals surface area contributed by atoms with Gasteiger partial charge in [0.05, 0.1) is 4.92 Å². The van der Waals surface area contributed by atoms with E-state index in [0.717, 1.165) is 6.08 Å². The Morgan fingerprint density at radius 2 is 2.17 bits per heavy atom. The topological polar surface area (TPSA) is 92.5 Å². The van der Waals surface area contributed by atoms with Gasteiger partial charge in [-0.15, -0.1) is 0 Å². The molecule has 1 rings (SSSR count). The monoisotopic (exact) mass is 250 g/mol. The van der Waals surface area contributed by atoms with E-state index in [-0.39, 0.29) is 5.69 Å². The van der Waals surface area contributed by atoms with Crippen molar-refractivity contribution in [2.45, 2.75) is 13.5 Å². The van der Waals surface area contributed by atoms with Gasteiger partial charge in [0.2, 0.25) is 0 Å². The minimum atomic E-state index is -1.00. The largest absolute Gasteiger partial charge is 0.478 e. The lowest BCUT2D eigenvalue weighted by molar-refractivity contribution is -0.385. The van der Waals surface area contributed by atoms with Gasteiger partial charge in [-0.1, -0.05) is 23.8 Å². The van der Waals surface area contributed by atoms with Crippen molar-refractivity contribution in [3.05, 3.63) is 51.6 Å². The molecule has 0 saturated heterocycles. The molecule has 0 heterocycles. The summed E-state index contributed by atoms with van der Waals surface area (Å²) in [5, 5.41) is 22.2. The summed E-state index contributed by atoms with van der Waals surface area (Å²) in [5.41, 5.74) is 1.29. The Balaban J connectivity index is 2.59. The molecule has 96 valence electrons. The highest BCUT2D eigenvalue weighted by Gasteiger charge is 2.11. The number of hydrogen-bond acceptors (Lipinski definition) is 4. The van der Waals surface area contributed by atoms with Gasteiger partial charge in [-0.3, -0.25) is 10.1 Å². The highest BCUT2D eigenvalue weighted by Crippen LogP contribution is 2.16. The fraction of sp³-hybridized carbons (Fsp3) is 0.250. The van der Waals surface area contributed by atoms with Crippen LogP contribution in [0.1, 0.15) is 12.5 Å². The Hall–Kier alpha value is -2.21. The number of para-hydroxylation sites is 1. The van der Waals surface area contributed by atoms with Gasteiger partial charge in [-0.05, 0) is 6.92 Å². The minimum absolute atomic E-state index is 0.0601. The number of nitrogens with one attached hydrogen (secondary N) is 1. The number of nitro benzene ring substituents is 1. The zero-order valence-electron chi connectivity index (χ0n) is 9.92. The van der Waals surface area contributed by atoms with E-state index < -0.39 is 10.9 Å². The van der Waals surface area contributed by atoms with Gasteiger partial charge in [-0.2, -0.15) is 0 Å². The lowest BCUT2D eigenvalue weighted by Gasteiger charge is -2.05. The number of benzene rings is 1. The van der Waals surface area contributed by atoms with Crippen molar-refractivity contribution in [1.82, 2.24) is 5.32 Å². The molecule has 0 unspecified atom stereocenters. The van der Waals surface area contributed by atoms with Crippen LogP contribution in [0.5, 0.6) is 0 Å². The van der Waals surface area contributed by atoms with Crippen molar-refractivity contribution in [2.24, 2.45) is 0 Å². The average molecular weight is 250 g/mol. The van der Waals surface area contributed by atoms with E-state index in [1.54, 1.807) is 25.1 Å². The van der Waals surface area contributed by atoms with Crippen LogP contribution in [-0.4, -0.2) is 22.5 Å². The number of carbonyl (C=O) groups is 1. The summed E-state index contributed by atoms with van der Waals surface area (Å²) in [4.78, 5) is 20.7. The van der Waals surface area contributed by atoms with E-state index in [1.807, 2.05) is 0 Å². The van der Waals surface area contributed by atoms with E-state index in [0.29, 0.717) is 24.2 Å². The second kappa shape index (κ2) is 6.51. The molecule has 0 spiro atoms. The highest BCUT2D eigenvalue weighted by atomic mass is 16.6. The number of nitrogens with zero attached hydrogens (tertiary/aromatic N) is 1. The van der Waals surface area contributed by atoms with Crippen molar-refractivity contribution in [1.29, 1.82) is 0 Å². The lowest BCUT2D eigenvalue weighted by atomic mass is 10.2. The zero-order valence-corrected chi connectivity index (χ0v) is 9.92. The van der Waals surface area contributed by atoms with Crippen molar-refractivity contribution in [3.63, 3.8) is 0 Å². The molecule has 1 aromatic rings. The molecule has 0 aliphatic carbocycles. The minimum Gasteiger partial charge on any atom is -0.478 e. The summed E-state index contributed by atoms with van der Waals surface area (Å²) in [5.74, 6) is -1.00. The van der Waals surface area contributed by atoms with Crippen LogP contribution in [0.2, 0.25) is 0 Å². The van der Waals surface area contributed by atoms with Crippen LogP contribution in [0.25, 0.3) is 0 Å². The molecule has 0 bridgehead atoms. The molecule has 0 saturated carbocycles. The maximum absolute atomic E-state index is 10.8. The van der Waals surface area contributed by atoms with Crippen LogP contribution < -0.4 is 5.32 Å². The van der Waals surface area contributed by atoms with Crippen LogP contribution >= 0.6 is 0 Å². The molecule has 1 aromatic carbocycles. The van der Waals surface area contributed by atoms with Crippen molar-refractivity contribution in [3.8, 4) is 0 Å². The average Bonchev–Trinajstić information content (AvgIpc) is 2.28. The van der Waals surface area contributed by atoms with E-state index >= 15 is 0 Å². The first-order valence-electron chi connectivity index (χ1n) is 5.34. The summed E-state index contributed by atoms with van der Waals surface area (Å²) in [6, 6.07) is 6.44. The number of carboxylic acids is 1. The first-order valence-corrected chi connectivity index (χ1v) is 5.34. The van der Waals surface area contributed by atoms with Crippen LogP contribution in [0.3, 0.4) is 0 Å². The Labute approximate surface area is 104 Å². The predicted octanol–water partition coefficient (Wildman–Crippen LogP) is 1.72. The molecule has 0 fully saturated rings. The summed E-state index contributed by atoms with van der Waals surface area (Å²) in [6.07, 6.45) is 1.10. The van der Waals surface area contributed by atoms with E-state index in [1.165, 1.54) is 6.07 Å². The number of nitro groups is 1. The number of rotatable bonds is 6. The number of aliphatic carboxylic acids is 1. The quantitative estimate of drug-likeness (QED) is 0.455. The number of hydrogen-bond donors (Lipinski definition) is 2. The highest BCUT2D eigenvalue weighted by molar-refractivity contribution is 5.80. The van der Waals surface area contributed by atoms with Crippen molar-refractivity contribution < 1.29 is 14.8 Å². The summed E-state index contributed by atoms with van der Waals surface area (Å²) in [7, 11) is 0. The van der Waals surface area contributed by atoms with Gasteiger partial charge in [0, 0.05) is 30.8 Å². The molecule has 0 atom stereocenters. The second-order valence-electron chi connectivity index (χ2n) is 3.82. The molecule has 0 aliphatic rings. The third-order valence-corrected chi connectivity index (χ3v) is 2.28. The fourth-order valence-electron chi connectivity index (χ4n) is 1.49. The Morgan fingerprint density at radius 1 is 1.50 bits per heavy atom. The Kier molecular flexibility index (Phi) is 5.01. The van der Waals surface area contributed by atoms with Crippen molar-refractivity contribution >= 4 is 11.7 Å².